The van der Waals surface area contributed by atoms with Gasteiger partial charge in [-0.2, -0.15) is 4.68 Å². The molecule has 27 heavy (non-hydrogen) atoms. The molecule has 0 bridgehead atoms. The number of anilines is 1. The summed E-state index contributed by atoms with van der Waals surface area (Å²) in [5, 5.41) is 11.9. The monoisotopic (exact) mass is 370 g/mol. The molecule has 0 radical (unpaired) electrons. The van der Waals surface area contributed by atoms with Crippen LogP contribution in [0, 0.1) is 11.6 Å². The van der Waals surface area contributed by atoms with Gasteiger partial charge in [0.25, 0.3) is 5.91 Å². The minimum atomic E-state index is -0.851. The minimum absolute atomic E-state index is 0.126. The lowest BCUT2D eigenvalue weighted by atomic mass is 10.1. The Labute approximate surface area is 153 Å². The molecule has 138 valence electrons. The molecule has 0 atom stereocenters. The molecule has 0 spiro atoms. The van der Waals surface area contributed by atoms with Crippen molar-refractivity contribution in [3.05, 3.63) is 65.7 Å². The van der Waals surface area contributed by atoms with E-state index in [0.717, 1.165) is 17.8 Å². The van der Waals surface area contributed by atoms with Crippen molar-refractivity contribution in [1.82, 2.24) is 25.1 Å². The van der Waals surface area contributed by atoms with E-state index in [1.807, 2.05) is 35.2 Å². The molecule has 2 heterocycles. The number of carbonyl (C=O) groups is 1. The highest BCUT2D eigenvalue weighted by Crippen LogP contribution is 2.19. The topological polar surface area (TPSA) is 67.2 Å². The molecule has 0 saturated carbocycles. The highest BCUT2D eigenvalue weighted by Gasteiger charge is 2.26. The molecular formula is C18H16F2N6O. The zero-order valence-electron chi connectivity index (χ0n) is 14.3. The van der Waals surface area contributed by atoms with Gasteiger partial charge in [0.05, 0.1) is 11.3 Å². The van der Waals surface area contributed by atoms with Gasteiger partial charge in [-0.05, 0) is 34.7 Å². The fourth-order valence-electron chi connectivity index (χ4n) is 3.06. The zero-order valence-corrected chi connectivity index (χ0v) is 14.3. The lowest BCUT2D eigenvalue weighted by Crippen LogP contribution is -2.49. The number of nitrogens with zero attached hydrogens (tertiary/aromatic N) is 6. The first-order chi connectivity index (χ1) is 13.1. The predicted molar refractivity (Wildman–Crippen MR) is 93.6 cm³/mol. The van der Waals surface area contributed by atoms with Gasteiger partial charge < -0.3 is 9.80 Å². The Morgan fingerprint density at radius 2 is 1.70 bits per heavy atom. The summed E-state index contributed by atoms with van der Waals surface area (Å²) in [6.45, 7) is 1.78. The van der Waals surface area contributed by atoms with Crippen LogP contribution in [0.2, 0.25) is 0 Å². The van der Waals surface area contributed by atoms with Crippen LogP contribution in [-0.2, 0) is 0 Å². The Hall–Kier alpha value is -3.36. The summed E-state index contributed by atoms with van der Waals surface area (Å²) in [6, 6.07) is 12.5. The zero-order chi connectivity index (χ0) is 18.8. The van der Waals surface area contributed by atoms with Crippen molar-refractivity contribution in [1.29, 1.82) is 0 Å². The van der Waals surface area contributed by atoms with Crippen molar-refractivity contribution in [3.63, 3.8) is 0 Å². The van der Waals surface area contributed by atoms with Crippen LogP contribution in [0.15, 0.2) is 48.5 Å². The van der Waals surface area contributed by atoms with E-state index in [-0.39, 0.29) is 5.56 Å². The van der Waals surface area contributed by atoms with E-state index < -0.39 is 17.5 Å². The Morgan fingerprint density at radius 3 is 2.41 bits per heavy atom. The molecule has 2 aromatic carbocycles. The largest absolute Gasteiger partial charge is 0.336 e. The summed E-state index contributed by atoms with van der Waals surface area (Å²) in [7, 11) is 0. The van der Waals surface area contributed by atoms with Gasteiger partial charge >= 0.3 is 0 Å². The molecule has 0 aliphatic carbocycles. The number of aromatic nitrogens is 4. The first kappa shape index (κ1) is 17.1. The summed E-state index contributed by atoms with van der Waals surface area (Å²) in [5.74, 6) is -1.42. The second-order valence-electron chi connectivity index (χ2n) is 6.13. The summed E-state index contributed by atoms with van der Waals surface area (Å²) >= 11 is 0. The van der Waals surface area contributed by atoms with Crippen molar-refractivity contribution in [3.8, 4) is 5.69 Å². The maximum absolute atomic E-state index is 13.9. The number of hydrogen-bond acceptors (Lipinski definition) is 5. The summed E-state index contributed by atoms with van der Waals surface area (Å²) < 4.78 is 28.6. The van der Waals surface area contributed by atoms with E-state index in [4.69, 9.17) is 0 Å². The molecule has 1 aromatic heterocycles. The van der Waals surface area contributed by atoms with Crippen LogP contribution < -0.4 is 4.90 Å². The number of carbonyl (C=O) groups excluding carboxylic acids is 1. The smallest absolute Gasteiger partial charge is 0.256 e. The van der Waals surface area contributed by atoms with Gasteiger partial charge in [-0.15, -0.1) is 0 Å². The van der Waals surface area contributed by atoms with E-state index in [1.54, 1.807) is 9.58 Å². The van der Waals surface area contributed by atoms with Gasteiger partial charge in [-0.25, -0.2) is 8.78 Å². The van der Waals surface area contributed by atoms with E-state index in [2.05, 4.69) is 15.5 Å². The summed E-state index contributed by atoms with van der Waals surface area (Å²) in [4.78, 5) is 16.0. The number of benzene rings is 2. The standard InChI is InChI=1S/C18H16F2N6O/c19-13-6-7-15(16(20)12-13)17(27)24-8-10-25(11-9-24)18-21-22-23-26(18)14-4-2-1-3-5-14/h1-7,12H,8-11H2. The fourth-order valence-corrected chi connectivity index (χ4v) is 3.06. The third-order valence-corrected chi connectivity index (χ3v) is 4.47. The lowest BCUT2D eigenvalue weighted by Gasteiger charge is -2.34. The van der Waals surface area contributed by atoms with Gasteiger partial charge in [-0.1, -0.05) is 23.3 Å². The molecule has 1 aliphatic rings. The quantitative estimate of drug-likeness (QED) is 0.705. The molecule has 0 unspecified atom stereocenters. The Morgan fingerprint density at radius 1 is 0.963 bits per heavy atom. The van der Waals surface area contributed by atoms with Crippen LogP contribution in [0.5, 0.6) is 0 Å². The molecule has 1 amide bonds. The normalized spacial score (nSPS) is 14.4. The van der Waals surface area contributed by atoms with Crippen molar-refractivity contribution >= 4 is 11.9 Å². The molecule has 1 fully saturated rings. The van der Waals surface area contributed by atoms with Crippen LogP contribution in [-0.4, -0.2) is 57.2 Å². The Bertz CT molecular complexity index is 953. The number of hydrogen-bond donors (Lipinski definition) is 0. The van der Waals surface area contributed by atoms with Crippen molar-refractivity contribution in [2.45, 2.75) is 0 Å². The van der Waals surface area contributed by atoms with Crippen molar-refractivity contribution < 1.29 is 13.6 Å². The van der Waals surface area contributed by atoms with Crippen LogP contribution in [0.4, 0.5) is 14.7 Å². The van der Waals surface area contributed by atoms with Gasteiger partial charge in [0.15, 0.2) is 0 Å². The summed E-state index contributed by atoms with van der Waals surface area (Å²) in [6.07, 6.45) is 0. The predicted octanol–water partition coefficient (Wildman–Crippen LogP) is 1.90. The van der Waals surface area contributed by atoms with E-state index >= 15 is 0 Å². The van der Waals surface area contributed by atoms with Crippen LogP contribution >= 0.6 is 0 Å². The van der Waals surface area contributed by atoms with Crippen molar-refractivity contribution in [2.75, 3.05) is 31.1 Å². The molecule has 1 aliphatic heterocycles. The van der Waals surface area contributed by atoms with Crippen LogP contribution in [0.1, 0.15) is 10.4 Å². The first-order valence-corrected chi connectivity index (χ1v) is 8.46. The Kier molecular flexibility index (Phi) is 4.49. The van der Waals surface area contributed by atoms with E-state index in [9.17, 15) is 13.6 Å². The maximum atomic E-state index is 13.9. The highest BCUT2D eigenvalue weighted by molar-refractivity contribution is 5.94. The first-order valence-electron chi connectivity index (χ1n) is 8.46. The number of amides is 1. The average molecular weight is 370 g/mol. The molecule has 7 nitrogen and oxygen atoms in total. The summed E-state index contributed by atoms with van der Waals surface area (Å²) in [5.41, 5.74) is 0.711. The van der Waals surface area contributed by atoms with E-state index in [1.165, 1.54) is 6.07 Å². The third kappa shape index (κ3) is 3.35. The molecule has 0 N–H and O–H groups in total. The van der Waals surface area contributed by atoms with Gasteiger partial charge in [0.1, 0.15) is 11.6 Å². The molecule has 3 aromatic rings. The van der Waals surface area contributed by atoms with Crippen LogP contribution in [0.3, 0.4) is 0 Å². The Balaban J connectivity index is 1.47. The van der Waals surface area contributed by atoms with Crippen LogP contribution in [0.25, 0.3) is 5.69 Å². The number of piperazine rings is 1. The number of rotatable bonds is 3. The van der Waals surface area contributed by atoms with Crippen molar-refractivity contribution in [2.24, 2.45) is 0 Å². The number of halogens is 2. The average Bonchev–Trinajstić information content (AvgIpc) is 3.18. The number of para-hydroxylation sites is 1. The lowest BCUT2D eigenvalue weighted by molar-refractivity contribution is 0.0741. The highest BCUT2D eigenvalue weighted by atomic mass is 19.1. The van der Waals surface area contributed by atoms with Gasteiger partial charge in [0.2, 0.25) is 5.95 Å². The van der Waals surface area contributed by atoms with E-state index in [0.29, 0.717) is 32.1 Å². The van der Waals surface area contributed by atoms with Gasteiger partial charge in [-0.3, -0.25) is 4.79 Å². The van der Waals surface area contributed by atoms with Gasteiger partial charge in [0, 0.05) is 32.2 Å². The maximum Gasteiger partial charge on any atom is 0.256 e. The SMILES string of the molecule is O=C(c1ccc(F)cc1F)N1CCN(c2nnnn2-c2ccccc2)CC1. The fraction of sp³-hybridized carbons (Fsp3) is 0.222. The third-order valence-electron chi connectivity index (χ3n) is 4.47. The molecule has 1 saturated heterocycles. The second-order valence-corrected chi connectivity index (χ2v) is 6.13. The molecule has 4 rings (SSSR count). The molecule has 9 heteroatoms. The molecular weight excluding hydrogens is 354 g/mol. The number of tetrazole rings is 1. The second kappa shape index (κ2) is 7.10. The minimum Gasteiger partial charge on any atom is -0.336 e.